The Morgan fingerprint density at radius 2 is 2.38 bits per heavy atom. The predicted octanol–water partition coefficient (Wildman–Crippen LogP) is 3.50. The van der Waals surface area contributed by atoms with E-state index >= 15 is 0 Å². The molecule has 0 spiro atoms. The second-order valence-electron chi connectivity index (χ2n) is 6.24. The predicted molar refractivity (Wildman–Crippen MR) is 96.2 cm³/mol. The summed E-state index contributed by atoms with van der Waals surface area (Å²) in [6, 6.07) is 3.92. The zero-order valence-corrected chi connectivity index (χ0v) is 15.1. The number of carbonyl (C=O) groups is 1. The molecule has 0 aliphatic carbocycles. The molecule has 2 amide bonds. The summed E-state index contributed by atoms with van der Waals surface area (Å²) < 4.78 is 0. The second kappa shape index (κ2) is 7.75. The Labute approximate surface area is 147 Å². The molecule has 1 fully saturated rings. The lowest BCUT2D eigenvalue weighted by Gasteiger charge is -2.31. The molecule has 0 aromatic carbocycles. The monoisotopic (exact) mass is 344 g/mol. The Hall–Kier alpha value is -1.95. The number of pyridine rings is 1. The lowest BCUT2D eigenvalue weighted by molar-refractivity contribution is 0.179. The van der Waals surface area contributed by atoms with E-state index in [1.54, 1.807) is 17.5 Å². The maximum Gasteiger partial charge on any atom is 0.317 e. The molecular formula is C18H24N4OS. The van der Waals surface area contributed by atoms with E-state index in [1.807, 2.05) is 24.0 Å². The van der Waals surface area contributed by atoms with Crippen LogP contribution in [0.4, 0.5) is 4.79 Å². The van der Waals surface area contributed by atoms with Crippen LogP contribution in [0.1, 0.15) is 47.6 Å². The molecule has 0 bridgehead atoms. The molecule has 1 aliphatic rings. The number of hydrogen-bond acceptors (Lipinski definition) is 4. The average molecular weight is 344 g/mol. The van der Waals surface area contributed by atoms with Gasteiger partial charge in [0, 0.05) is 30.6 Å². The first-order chi connectivity index (χ1) is 11.7. The Morgan fingerprint density at radius 1 is 1.50 bits per heavy atom. The van der Waals surface area contributed by atoms with Crippen molar-refractivity contribution in [1.29, 1.82) is 0 Å². The van der Waals surface area contributed by atoms with Crippen molar-refractivity contribution in [2.24, 2.45) is 0 Å². The van der Waals surface area contributed by atoms with Crippen LogP contribution in [0.2, 0.25) is 0 Å². The molecule has 1 N–H and O–H groups in total. The minimum atomic E-state index is -0.00276. The van der Waals surface area contributed by atoms with Crippen LogP contribution in [-0.4, -0.2) is 34.0 Å². The highest BCUT2D eigenvalue weighted by Gasteiger charge is 2.26. The highest BCUT2D eigenvalue weighted by molar-refractivity contribution is 7.09. The molecule has 128 valence electrons. The molecule has 24 heavy (non-hydrogen) atoms. The smallest absolute Gasteiger partial charge is 0.317 e. The van der Waals surface area contributed by atoms with Crippen molar-refractivity contribution in [3.8, 4) is 0 Å². The summed E-state index contributed by atoms with van der Waals surface area (Å²) in [6.07, 6.45) is 4.87. The molecule has 0 radical (unpaired) electrons. The number of nitrogens with one attached hydrogen (secondary N) is 1. The first kappa shape index (κ1) is 16.9. The van der Waals surface area contributed by atoms with Gasteiger partial charge in [-0.3, -0.25) is 4.98 Å². The zero-order valence-electron chi connectivity index (χ0n) is 14.3. The van der Waals surface area contributed by atoms with Crippen molar-refractivity contribution in [1.82, 2.24) is 20.2 Å². The first-order valence-corrected chi connectivity index (χ1v) is 9.43. The molecule has 2 aromatic rings. The van der Waals surface area contributed by atoms with Gasteiger partial charge in [-0.2, -0.15) is 0 Å². The molecule has 1 aliphatic heterocycles. The lowest BCUT2D eigenvalue weighted by atomic mass is 9.99. The number of urea groups is 1. The number of piperidine rings is 1. The third-order valence-electron chi connectivity index (χ3n) is 4.51. The fraction of sp³-hybridized carbons (Fsp3) is 0.500. The highest BCUT2D eigenvalue weighted by Crippen LogP contribution is 2.29. The first-order valence-electron chi connectivity index (χ1n) is 8.55. The lowest BCUT2D eigenvalue weighted by Crippen LogP contribution is -2.44. The van der Waals surface area contributed by atoms with Crippen molar-refractivity contribution in [2.45, 2.75) is 45.6 Å². The fourth-order valence-electron chi connectivity index (χ4n) is 3.01. The van der Waals surface area contributed by atoms with Crippen molar-refractivity contribution in [3.63, 3.8) is 0 Å². The SMILES string of the molecule is CCc1csc(C2CCCN(C(=O)NCc3ncccc3C)C2)n1. The molecule has 5 nitrogen and oxygen atoms in total. The topological polar surface area (TPSA) is 58.1 Å². The van der Waals surface area contributed by atoms with Gasteiger partial charge in [-0.25, -0.2) is 9.78 Å². The van der Waals surface area contributed by atoms with Crippen molar-refractivity contribution in [3.05, 3.63) is 45.7 Å². The zero-order chi connectivity index (χ0) is 16.9. The number of amides is 2. The number of hydrogen-bond donors (Lipinski definition) is 1. The van der Waals surface area contributed by atoms with Crippen LogP contribution in [-0.2, 0) is 13.0 Å². The summed E-state index contributed by atoms with van der Waals surface area (Å²) in [5.41, 5.74) is 3.18. The number of aryl methyl sites for hydroxylation is 2. The van der Waals surface area contributed by atoms with E-state index in [2.05, 4.69) is 22.6 Å². The Morgan fingerprint density at radius 3 is 3.12 bits per heavy atom. The van der Waals surface area contributed by atoms with E-state index in [0.717, 1.165) is 49.3 Å². The molecule has 1 saturated heterocycles. The molecule has 1 unspecified atom stereocenters. The van der Waals surface area contributed by atoms with Crippen LogP contribution >= 0.6 is 11.3 Å². The summed E-state index contributed by atoms with van der Waals surface area (Å²) in [5.74, 6) is 0.367. The van der Waals surface area contributed by atoms with Crippen molar-refractivity contribution >= 4 is 17.4 Å². The van der Waals surface area contributed by atoms with Gasteiger partial charge in [-0.1, -0.05) is 13.0 Å². The number of carbonyl (C=O) groups excluding carboxylic acids is 1. The highest BCUT2D eigenvalue weighted by atomic mass is 32.1. The molecule has 2 aromatic heterocycles. The molecule has 1 atom stereocenters. The van der Waals surface area contributed by atoms with E-state index in [0.29, 0.717) is 12.5 Å². The van der Waals surface area contributed by atoms with Crippen LogP contribution in [0.3, 0.4) is 0 Å². The third-order valence-corrected chi connectivity index (χ3v) is 5.57. The van der Waals surface area contributed by atoms with Gasteiger partial charge in [0.15, 0.2) is 0 Å². The summed E-state index contributed by atoms with van der Waals surface area (Å²) in [7, 11) is 0. The molecule has 3 rings (SSSR count). The second-order valence-corrected chi connectivity index (χ2v) is 7.13. The number of thiazole rings is 1. The van der Waals surface area contributed by atoms with E-state index in [-0.39, 0.29) is 6.03 Å². The minimum Gasteiger partial charge on any atom is -0.332 e. The van der Waals surface area contributed by atoms with Gasteiger partial charge in [0.25, 0.3) is 0 Å². The molecule has 6 heteroatoms. The van der Waals surface area contributed by atoms with E-state index in [9.17, 15) is 4.79 Å². The molecule has 0 saturated carbocycles. The van der Waals surface area contributed by atoms with Crippen LogP contribution in [0.5, 0.6) is 0 Å². The van der Waals surface area contributed by atoms with Gasteiger partial charge in [-0.15, -0.1) is 11.3 Å². The average Bonchev–Trinajstić information content (AvgIpc) is 3.10. The van der Waals surface area contributed by atoms with Gasteiger partial charge in [0.05, 0.1) is 22.9 Å². The maximum atomic E-state index is 12.5. The normalized spacial score (nSPS) is 17.8. The van der Waals surface area contributed by atoms with Crippen LogP contribution in [0, 0.1) is 6.92 Å². The largest absolute Gasteiger partial charge is 0.332 e. The summed E-state index contributed by atoms with van der Waals surface area (Å²) in [5, 5.41) is 6.31. The Bertz CT molecular complexity index is 700. The summed E-state index contributed by atoms with van der Waals surface area (Å²) in [4.78, 5) is 23.4. The Balaban J connectivity index is 1.58. The van der Waals surface area contributed by atoms with Gasteiger partial charge >= 0.3 is 6.03 Å². The summed E-state index contributed by atoms with van der Waals surface area (Å²) in [6.45, 7) is 6.18. The third kappa shape index (κ3) is 3.93. The van der Waals surface area contributed by atoms with Crippen molar-refractivity contribution < 1.29 is 4.79 Å². The van der Waals surface area contributed by atoms with Gasteiger partial charge < -0.3 is 10.2 Å². The van der Waals surface area contributed by atoms with Crippen molar-refractivity contribution in [2.75, 3.05) is 13.1 Å². The number of rotatable bonds is 4. The number of aromatic nitrogens is 2. The standard InChI is InChI=1S/C18H24N4OS/c1-3-15-12-24-17(21-15)14-7-5-9-22(11-14)18(23)20-10-16-13(2)6-4-8-19-16/h4,6,8,12,14H,3,5,7,9-11H2,1-2H3,(H,20,23). The van der Waals surface area contributed by atoms with E-state index in [4.69, 9.17) is 4.98 Å². The van der Waals surface area contributed by atoms with Gasteiger partial charge in [0.1, 0.15) is 0 Å². The van der Waals surface area contributed by atoms with Gasteiger partial charge in [0.2, 0.25) is 0 Å². The summed E-state index contributed by atoms with van der Waals surface area (Å²) >= 11 is 1.73. The van der Waals surface area contributed by atoms with E-state index < -0.39 is 0 Å². The number of likely N-dealkylation sites (tertiary alicyclic amines) is 1. The number of nitrogens with zero attached hydrogens (tertiary/aromatic N) is 3. The Kier molecular flexibility index (Phi) is 5.45. The quantitative estimate of drug-likeness (QED) is 0.923. The maximum absolute atomic E-state index is 12.5. The van der Waals surface area contributed by atoms with Crippen LogP contribution in [0.15, 0.2) is 23.7 Å². The molecular weight excluding hydrogens is 320 g/mol. The minimum absolute atomic E-state index is 0.00276. The van der Waals surface area contributed by atoms with E-state index in [1.165, 1.54) is 5.01 Å². The van der Waals surface area contributed by atoms with Gasteiger partial charge in [-0.05, 0) is 37.8 Å². The van der Waals surface area contributed by atoms with Crippen LogP contribution in [0.25, 0.3) is 0 Å². The molecule has 3 heterocycles. The fourth-order valence-corrected chi connectivity index (χ4v) is 4.04. The van der Waals surface area contributed by atoms with Crippen LogP contribution < -0.4 is 5.32 Å².